The van der Waals surface area contributed by atoms with Crippen molar-refractivity contribution in [3.05, 3.63) is 51.8 Å². The highest BCUT2D eigenvalue weighted by molar-refractivity contribution is 6.42. The molecule has 3 nitrogen and oxygen atoms in total. The molecule has 1 aromatic heterocycles. The molecule has 0 spiro atoms. The summed E-state index contributed by atoms with van der Waals surface area (Å²) >= 11 is 11.8. The maximum Gasteiger partial charge on any atom is 0.206 e. The number of benzene rings is 2. The summed E-state index contributed by atoms with van der Waals surface area (Å²) in [6, 6.07) is 3.92. The van der Waals surface area contributed by atoms with Crippen LogP contribution in [0.2, 0.25) is 10.0 Å². The molecule has 0 atom stereocenters. The van der Waals surface area contributed by atoms with E-state index in [4.69, 9.17) is 28.9 Å². The molecule has 0 amide bonds. The number of nitrogens with zero attached hydrogens (tertiary/aromatic N) is 2. The zero-order chi connectivity index (χ0) is 15.3. The Morgan fingerprint density at radius 3 is 2.14 bits per heavy atom. The van der Waals surface area contributed by atoms with E-state index >= 15 is 0 Å². The molecule has 21 heavy (non-hydrogen) atoms. The van der Waals surface area contributed by atoms with Crippen molar-refractivity contribution >= 4 is 40.2 Å². The molecule has 0 radical (unpaired) electrons. The summed E-state index contributed by atoms with van der Waals surface area (Å²) in [7, 11) is 0. The Morgan fingerprint density at radius 1 is 0.952 bits per heavy atom. The molecule has 108 valence electrons. The van der Waals surface area contributed by atoms with E-state index in [0.717, 1.165) is 4.57 Å². The molecule has 0 aliphatic heterocycles. The first-order chi connectivity index (χ1) is 9.88. The van der Waals surface area contributed by atoms with Gasteiger partial charge in [0.25, 0.3) is 0 Å². The number of rotatable bonds is 1. The first kappa shape index (κ1) is 14.0. The van der Waals surface area contributed by atoms with Gasteiger partial charge in [0.05, 0.1) is 21.1 Å². The zero-order valence-corrected chi connectivity index (χ0v) is 11.7. The molecule has 2 N–H and O–H groups in total. The van der Waals surface area contributed by atoms with Crippen molar-refractivity contribution in [3.63, 3.8) is 0 Å². The first-order valence-corrected chi connectivity index (χ1v) is 6.42. The summed E-state index contributed by atoms with van der Waals surface area (Å²) < 4.78 is 41.9. The standard InChI is InChI=1S/C13H6Cl2F3N3/c14-6-3-10-11(4-7(6)15)21(13(19)20-10)12-8(17)1-5(16)2-9(12)18/h1-4H,(H2,19,20). The van der Waals surface area contributed by atoms with E-state index in [0.29, 0.717) is 17.6 Å². The number of imidazole rings is 1. The summed E-state index contributed by atoms with van der Waals surface area (Å²) in [5, 5.41) is 0.405. The van der Waals surface area contributed by atoms with Crippen LogP contribution in [0.4, 0.5) is 19.1 Å². The maximum atomic E-state index is 13.9. The van der Waals surface area contributed by atoms with E-state index in [1.54, 1.807) is 0 Å². The van der Waals surface area contributed by atoms with E-state index in [9.17, 15) is 13.2 Å². The van der Waals surface area contributed by atoms with E-state index in [1.165, 1.54) is 12.1 Å². The van der Waals surface area contributed by atoms with Crippen molar-refractivity contribution in [1.29, 1.82) is 0 Å². The lowest BCUT2D eigenvalue weighted by Crippen LogP contribution is -2.06. The van der Waals surface area contributed by atoms with Crippen LogP contribution >= 0.6 is 23.2 Å². The lowest BCUT2D eigenvalue weighted by atomic mass is 10.2. The Kier molecular flexibility index (Phi) is 3.22. The number of anilines is 1. The maximum absolute atomic E-state index is 13.9. The van der Waals surface area contributed by atoms with Crippen molar-refractivity contribution < 1.29 is 13.2 Å². The minimum Gasteiger partial charge on any atom is -0.369 e. The van der Waals surface area contributed by atoms with Gasteiger partial charge in [0.2, 0.25) is 5.95 Å². The SMILES string of the molecule is Nc1nc2cc(Cl)c(Cl)cc2n1-c1c(F)cc(F)cc1F. The van der Waals surface area contributed by atoms with E-state index in [2.05, 4.69) is 4.98 Å². The van der Waals surface area contributed by atoms with Crippen LogP contribution in [0.25, 0.3) is 16.7 Å². The van der Waals surface area contributed by atoms with Gasteiger partial charge in [-0.2, -0.15) is 0 Å². The van der Waals surface area contributed by atoms with Gasteiger partial charge in [0.15, 0.2) is 11.6 Å². The van der Waals surface area contributed by atoms with Gasteiger partial charge >= 0.3 is 0 Å². The zero-order valence-electron chi connectivity index (χ0n) is 10.2. The third-order valence-corrected chi connectivity index (χ3v) is 3.65. The van der Waals surface area contributed by atoms with Crippen LogP contribution in [-0.4, -0.2) is 9.55 Å². The smallest absolute Gasteiger partial charge is 0.206 e. The van der Waals surface area contributed by atoms with Gasteiger partial charge in [-0.25, -0.2) is 18.2 Å². The van der Waals surface area contributed by atoms with Crippen LogP contribution in [0, 0.1) is 17.5 Å². The molecule has 0 fully saturated rings. The number of hydrogen-bond donors (Lipinski definition) is 1. The quantitative estimate of drug-likeness (QED) is 0.721. The predicted molar refractivity (Wildman–Crippen MR) is 75.4 cm³/mol. The summed E-state index contributed by atoms with van der Waals surface area (Å²) in [6.45, 7) is 0. The fourth-order valence-electron chi connectivity index (χ4n) is 2.07. The monoisotopic (exact) mass is 331 g/mol. The normalized spacial score (nSPS) is 11.3. The fourth-order valence-corrected chi connectivity index (χ4v) is 2.39. The van der Waals surface area contributed by atoms with Crippen LogP contribution in [0.3, 0.4) is 0 Å². The molecular formula is C13H6Cl2F3N3. The van der Waals surface area contributed by atoms with Gasteiger partial charge in [0, 0.05) is 12.1 Å². The largest absolute Gasteiger partial charge is 0.369 e. The highest BCUT2D eigenvalue weighted by Crippen LogP contribution is 2.32. The molecule has 0 saturated heterocycles. The van der Waals surface area contributed by atoms with Crippen LogP contribution in [0.15, 0.2) is 24.3 Å². The van der Waals surface area contributed by atoms with Gasteiger partial charge in [-0.15, -0.1) is 0 Å². The number of fused-ring (bicyclic) bond motifs is 1. The Bertz CT molecular complexity index is 854. The average molecular weight is 332 g/mol. The lowest BCUT2D eigenvalue weighted by molar-refractivity contribution is 0.536. The summed E-state index contributed by atoms with van der Waals surface area (Å²) in [5.74, 6) is -3.42. The molecule has 0 unspecified atom stereocenters. The van der Waals surface area contributed by atoms with Crippen LogP contribution in [-0.2, 0) is 0 Å². The fraction of sp³-hybridized carbons (Fsp3) is 0. The topological polar surface area (TPSA) is 43.8 Å². The Labute approximate surface area is 126 Å². The minimum absolute atomic E-state index is 0.173. The molecule has 1 heterocycles. The van der Waals surface area contributed by atoms with Crippen molar-refractivity contribution in [2.24, 2.45) is 0 Å². The molecule has 2 aromatic carbocycles. The van der Waals surface area contributed by atoms with E-state index < -0.39 is 23.1 Å². The predicted octanol–water partition coefficient (Wildman–Crippen LogP) is 4.33. The van der Waals surface area contributed by atoms with Crippen molar-refractivity contribution in [2.75, 3.05) is 5.73 Å². The Balaban J connectivity index is 2.41. The lowest BCUT2D eigenvalue weighted by Gasteiger charge is -2.09. The molecular weight excluding hydrogens is 326 g/mol. The van der Waals surface area contributed by atoms with Crippen LogP contribution < -0.4 is 5.73 Å². The Hall–Kier alpha value is -1.92. The number of aromatic nitrogens is 2. The van der Waals surface area contributed by atoms with Gasteiger partial charge in [0.1, 0.15) is 11.5 Å². The molecule has 3 aromatic rings. The molecule has 0 saturated carbocycles. The second-order valence-corrected chi connectivity index (χ2v) is 5.09. The summed E-state index contributed by atoms with van der Waals surface area (Å²) in [4.78, 5) is 3.97. The molecule has 8 heteroatoms. The number of hydrogen-bond acceptors (Lipinski definition) is 2. The van der Waals surface area contributed by atoms with Gasteiger partial charge in [-0.3, -0.25) is 4.57 Å². The number of nitrogen functional groups attached to an aromatic ring is 1. The first-order valence-electron chi connectivity index (χ1n) is 5.66. The van der Waals surface area contributed by atoms with Gasteiger partial charge < -0.3 is 5.73 Å². The molecule has 0 aliphatic carbocycles. The second-order valence-electron chi connectivity index (χ2n) is 4.28. The third kappa shape index (κ3) is 2.20. The highest BCUT2D eigenvalue weighted by atomic mass is 35.5. The van der Waals surface area contributed by atoms with Crippen molar-refractivity contribution in [3.8, 4) is 5.69 Å². The number of nitrogens with two attached hydrogens (primary N) is 1. The molecule has 3 rings (SSSR count). The van der Waals surface area contributed by atoms with Crippen molar-refractivity contribution in [2.45, 2.75) is 0 Å². The minimum atomic E-state index is -1.11. The van der Waals surface area contributed by atoms with E-state index in [-0.39, 0.29) is 21.5 Å². The van der Waals surface area contributed by atoms with Gasteiger partial charge in [-0.05, 0) is 12.1 Å². The van der Waals surface area contributed by atoms with Crippen molar-refractivity contribution in [1.82, 2.24) is 9.55 Å². The van der Waals surface area contributed by atoms with Crippen LogP contribution in [0.5, 0.6) is 0 Å². The number of halogens is 5. The Morgan fingerprint density at radius 2 is 1.52 bits per heavy atom. The second kappa shape index (κ2) is 4.82. The third-order valence-electron chi connectivity index (χ3n) is 2.93. The molecule has 0 aliphatic rings. The molecule has 0 bridgehead atoms. The highest BCUT2D eigenvalue weighted by Gasteiger charge is 2.20. The summed E-state index contributed by atoms with van der Waals surface area (Å²) in [5.41, 5.74) is 5.73. The average Bonchev–Trinajstić information content (AvgIpc) is 2.66. The summed E-state index contributed by atoms with van der Waals surface area (Å²) in [6.07, 6.45) is 0. The van der Waals surface area contributed by atoms with E-state index in [1.807, 2.05) is 0 Å². The van der Waals surface area contributed by atoms with Gasteiger partial charge in [-0.1, -0.05) is 23.2 Å². The van der Waals surface area contributed by atoms with Crippen LogP contribution in [0.1, 0.15) is 0 Å².